The van der Waals surface area contributed by atoms with Crippen LogP contribution in [0.15, 0.2) is 18.2 Å². The molecule has 0 spiro atoms. The molecular weight excluding hydrogens is 108 g/mol. The van der Waals surface area contributed by atoms with Gasteiger partial charge in [0.2, 0.25) is 0 Å². The van der Waals surface area contributed by atoms with Crippen LogP contribution < -0.4 is 0 Å². The summed E-state index contributed by atoms with van der Waals surface area (Å²) in [5.41, 5.74) is 1.33. The summed E-state index contributed by atoms with van der Waals surface area (Å²) in [4.78, 5) is 0. The van der Waals surface area contributed by atoms with Crippen LogP contribution in [0.5, 0.6) is 0 Å². The maximum absolute atomic E-state index is 3.63. The van der Waals surface area contributed by atoms with E-state index in [1.54, 1.807) is 0 Å². The Kier molecular flexibility index (Phi) is 2.56. The maximum Gasteiger partial charge on any atom is -0.0230 e. The highest BCUT2D eigenvalue weighted by molar-refractivity contribution is 5.10. The van der Waals surface area contributed by atoms with Crippen LogP contribution in [-0.4, -0.2) is 0 Å². The third kappa shape index (κ3) is 2.05. The number of rotatable bonds is 1. The van der Waals surface area contributed by atoms with Gasteiger partial charge in [-0.2, -0.15) is 0 Å². The van der Waals surface area contributed by atoms with Gasteiger partial charge in [-0.25, -0.2) is 0 Å². The van der Waals surface area contributed by atoms with E-state index in [9.17, 15) is 0 Å². The first-order valence-electron chi connectivity index (χ1n) is 3.65. The van der Waals surface area contributed by atoms with Crippen LogP contribution >= 0.6 is 0 Å². The molecule has 0 N–H and O–H groups in total. The van der Waals surface area contributed by atoms with Crippen molar-refractivity contribution in [3.8, 4) is 0 Å². The van der Waals surface area contributed by atoms with E-state index < -0.39 is 0 Å². The molecule has 0 amide bonds. The van der Waals surface area contributed by atoms with Crippen molar-refractivity contribution in [3.63, 3.8) is 0 Å². The molecule has 0 bridgehead atoms. The van der Waals surface area contributed by atoms with Crippen molar-refractivity contribution in [2.45, 2.75) is 32.1 Å². The van der Waals surface area contributed by atoms with Crippen LogP contribution in [0, 0.1) is 6.08 Å². The third-order valence-electron chi connectivity index (χ3n) is 1.77. The van der Waals surface area contributed by atoms with Crippen molar-refractivity contribution in [1.29, 1.82) is 0 Å². The van der Waals surface area contributed by atoms with Crippen molar-refractivity contribution in [3.05, 3.63) is 24.3 Å². The van der Waals surface area contributed by atoms with E-state index in [4.69, 9.17) is 0 Å². The Bertz CT molecular complexity index is 120. The van der Waals surface area contributed by atoms with E-state index in [0.717, 1.165) is 0 Å². The van der Waals surface area contributed by atoms with Crippen molar-refractivity contribution in [2.75, 3.05) is 0 Å². The quantitative estimate of drug-likeness (QED) is 0.500. The predicted octanol–water partition coefficient (Wildman–Crippen LogP) is 2.87. The molecule has 1 radical (unpaired) electrons. The van der Waals surface area contributed by atoms with E-state index in [1.165, 1.54) is 37.7 Å². The van der Waals surface area contributed by atoms with Gasteiger partial charge in [-0.3, -0.25) is 0 Å². The van der Waals surface area contributed by atoms with Gasteiger partial charge in [0.15, 0.2) is 0 Å². The first-order chi connectivity index (χ1) is 4.43. The summed E-state index contributed by atoms with van der Waals surface area (Å²) in [6.45, 7) is 3.63. The molecule has 0 unspecified atom stereocenters. The summed E-state index contributed by atoms with van der Waals surface area (Å²) < 4.78 is 0. The minimum absolute atomic E-state index is 1.20. The highest BCUT2D eigenvalue weighted by Gasteiger charge is 1.97. The van der Waals surface area contributed by atoms with Crippen LogP contribution in [0.3, 0.4) is 0 Å². The molecule has 1 rings (SSSR count). The van der Waals surface area contributed by atoms with Crippen molar-refractivity contribution >= 4 is 0 Å². The molecule has 0 aromatic rings. The molecule has 0 atom stereocenters. The Morgan fingerprint density at radius 3 is 3.00 bits per heavy atom. The van der Waals surface area contributed by atoms with Gasteiger partial charge in [-0.15, -0.1) is 0 Å². The molecule has 0 aromatic heterocycles. The first-order valence-corrected chi connectivity index (χ1v) is 3.65. The fourth-order valence-corrected chi connectivity index (χ4v) is 1.18. The van der Waals surface area contributed by atoms with Gasteiger partial charge in [0.05, 0.1) is 0 Å². The zero-order valence-corrected chi connectivity index (χ0v) is 5.82. The molecule has 9 heavy (non-hydrogen) atoms. The lowest BCUT2D eigenvalue weighted by atomic mass is 10.1. The molecule has 0 fully saturated rings. The minimum atomic E-state index is 1.20. The average molecular weight is 121 g/mol. The van der Waals surface area contributed by atoms with Crippen LogP contribution in [-0.2, 0) is 0 Å². The molecule has 49 valence electrons. The van der Waals surface area contributed by atoms with E-state index in [1.807, 2.05) is 0 Å². The lowest BCUT2D eigenvalue weighted by molar-refractivity contribution is 0.713. The second-order valence-electron chi connectivity index (χ2n) is 2.51. The highest BCUT2D eigenvalue weighted by atomic mass is 14.0. The lowest BCUT2D eigenvalue weighted by Gasteiger charge is -1.92. The lowest BCUT2D eigenvalue weighted by Crippen LogP contribution is -1.74. The van der Waals surface area contributed by atoms with Gasteiger partial charge < -0.3 is 0 Å². The fourth-order valence-electron chi connectivity index (χ4n) is 1.18. The molecule has 0 nitrogen and oxygen atoms in total. The van der Waals surface area contributed by atoms with Crippen LogP contribution in [0.2, 0.25) is 0 Å². The maximum atomic E-state index is 3.63. The zero-order chi connectivity index (χ0) is 6.53. The molecule has 0 aliphatic heterocycles. The Hall–Kier alpha value is -0.520. The Balaban J connectivity index is 2.46. The van der Waals surface area contributed by atoms with E-state index in [2.05, 4.69) is 18.7 Å². The average Bonchev–Trinajstić information content (AvgIpc) is 2.13. The van der Waals surface area contributed by atoms with Crippen LogP contribution in [0.25, 0.3) is 0 Å². The second kappa shape index (κ2) is 3.49. The molecule has 0 heteroatoms. The molecule has 0 saturated heterocycles. The van der Waals surface area contributed by atoms with Gasteiger partial charge >= 0.3 is 0 Å². The monoisotopic (exact) mass is 121 g/mol. The van der Waals surface area contributed by atoms with Gasteiger partial charge in [0, 0.05) is 0 Å². The van der Waals surface area contributed by atoms with Crippen molar-refractivity contribution in [1.82, 2.24) is 0 Å². The molecule has 1 aliphatic rings. The Morgan fingerprint density at radius 2 is 2.22 bits per heavy atom. The van der Waals surface area contributed by atoms with Gasteiger partial charge in [0.25, 0.3) is 0 Å². The number of hydrogen-bond acceptors (Lipinski definition) is 0. The summed E-state index contributed by atoms with van der Waals surface area (Å²) in [6.07, 6.45) is 11.7. The normalized spacial score (nSPS) is 20.2. The SMILES string of the molecule is C=[C]C1=CCCCCC1. The van der Waals surface area contributed by atoms with E-state index in [0.29, 0.717) is 0 Å². The predicted molar refractivity (Wildman–Crippen MR) is 40.0 cm³/mol. The van der Waals surface area contributed by atoms with Gasteiger partial charge in [0.1, 0.15) is 0 Å². The summed E-state index contributed by atoms with van der Waals surface area (Å²) in [5, 5.41) is 0. The van der Waals surface area contributed by atoms with E-state index >= 15 is 0 Å². The summed E-state index contributed by atoms with van der Waals surface area (Å²) >= 11 is 0. The molecule has 1 aliphatic carbocycles. The summed E-state index contributed by atoms with van der Waals surface area (Å²) in [7, 11) is 0. The Morgan fingerprint density at radius 1 is 1.33 bits per heavy atom. The fraction of sp³-hybridized carbons (Fsp3) is 0.556. The van der Waals surface area contributed by atoms with Gasteiger partial charge in [-0.1, -0.05) is 19.1 Å². The van der Waals surface area contributed by atoms with Gasteiger partial charge in [-0.05, 0) is 37.3 Å². The smallest absolute Gasteiger partial charge is 0.0230 e. The molecule has 0 aromatic carbocycles. The first kappa shape index (κ1) is 6.60. The van der Waals surface area contributed by atoms with Crippen molar-refractivity contribution < 1.29 is 0 Å². The largest absolute Gasteiger partial charge is 0.0909 e. The summed E-state index contributed by atoms with van der Waals surface area (Å²) in [5.74, 6) is 0. The van der Waals surface area contributed by atoms with Crippen LogP contribution in [0.4, 0.5) is 0 Å². The third-order valence-corrected chi connectivity index (χ3v) is 1.77. The number of hydrogen-bond donors (Lipinski definition) is 0. The zero-order valence-electron chi connectivity index (χ0n) is 5.82. The van der Waals surface area contributed by atoms with Crippen LogP contribution in [0.1, 0.15) is 32.1 Å². The second-order valence-corrected chi connectivity index (χ2v) is 2.51. The van der Waals surface area contributed by atoms with E-state index in [-0.39, 0.29) is 0 Å². The number of allylic oxidation sites excluding steroid dienone is 3. The van der Waals surface area contributed by atoms with Crippen molar-refractivity contribution in [2.24, 2.45) is 0 Å². The minimum Gasteiger partial charge on any atom is -0.0909 e. The Labute approximate surface area is 57.3 Å². The molecular formula is C9H13. The molecule has 0 heterocycles. The summed E-state index contributed by atoms with van der Waals surface area (Å²) in [6, 6.07) is 0. The molecule has 0 saturated carbocycles. The topological polar surface area (TPSA) is 0 Å². The standard InChI is InChI=1S/C9H13/c1-2-9-7-5-3-4-6-8-9/h7H,1,3-6,8H2. The highest BCUT2D eigenvalue weighted by Crippen LogP contribution is 2.16.